The summed E-state index contributed by atoms with van der Waals surface area (Å²) < 4.78 is 0. The van der Waals surface area contributed by atoms with Crippen molar-refractivity contribution < 1.29 is 0 Å². The average molecular weight is 220 g/mol. The van der Waals surface area contributed by atoms with Crippen LogP contribution in [-0.2, 0) is 6.42 Å². The molecule has 1 aromatic rings. The van der Waals surface area contributed by atoms with E-state index in [-0.39, 0.29) is 0 Å². The zero-order valence-corrected chi connectivity index (χ0v) is 10.6. The van der Waals surface area contributed by atoms with Gasteiger partial charge in [0.15, 0.2) is 0 Å². The van der Waals surface area contributed by atoms with Crippen LogP contribution in [0.3, 0.4) is 0 Å². The molecule has 0 aliphatic heterocycles. The molecule has 1 unspecified atom stereocenters. The number of aromatic nitrogens is 1. The van der Waals surface area contributed by atoms with E-state index in [1.54, 1.807) is 0 Å². The lowest BCUT2D eigenvalue weighted by Gasteiger charge is -2.16. The van der Waals surface area contributed by atoms with Gasteiger partial charge in [-0.25, -0.2) is 0 Å². The van der Waals surface area contributed by atoms with Gasteiger partial charge in [-0.1, -0.05) is 32.8 Å². The molecule has 0 amide bonds. The van der Waals surface area contributed by atoms with E-state index in [1.165, 1.54) is 31.4 Å². The third-order valence-corrected chi connectivity index (χ3v) is 2.94. The van der Waals surface area contributed by atoms with Crippen LogP contribution in [0.4, 0.5) is 0 Å². The number of pyridine rings is 1. The lowest BCUT2D eigenvalue weighted by molar-refractivity contribution is 0.455. The predicted molar refractivity (Wildman–Crippen MR) is 69.5 cm³/mol. The Morgan fingerprint density at radius 1 is 1.31 bits per heavy atom. The molecule has 0 spiro atoms. The lowest BCUT2D eigenvalue weighted by Crippen LogP contribution is -2.30. The standard InChI is InChI=1S/C14H24N2/c1-3-5-8-13(4-2)16-12-10-14-9-6-7-11-15-14/h6-7,9,11,13,16H,3-5,8,10,12H2,1-2H3. The second-order valence-electron chi connectivity index (χ2n) is 4.27. The molecule has 1 aromatic heterocycles. The average Bonchev–Trinajstić information content (AvgIpc) is 2.35. The molecule has 1 heterocycles. The first kappa shape index (κ1) is 13.2. The fourth-order valence-electron chi connectivity index (χ4n) is 1.85. The molecule has 2 nitrogen and oxygen atoms in total. The van der Waals surface area contributed by atoms with Crippen molar-refractivity contribution in [2.45, 2.75) is 52.0 Å². The number of unbranched alkanes of at least 4 members (excludes halogenated alkanes) is 1. The zero-order valence-electron chi connectivity index (χ0n) is 10.6. The minimum atomic E-state index is 0.684. The molecule has 0 aromatic carbocycles. The molecule has 0 saturated carbocycles. The number of rotatable bonds is 8. The van der Waals surface area contributed by atoms with Crippen LogP contribution in [0.2, 0.25) is 0 Å². The smallest absolute Gasteiger partial charge is 0.0416 e. The highest BCUT2D eigenvalue weighted by Gasteiger charge is 2.04. The van der Waals surface area contributed by atoms with E-state index < -0.39 is 0 Å². The Kier molecular flexibility index (Phi) is 6.82. The summed E-state index contributed by atoms with van der Waals surface area (Å²) in [6.07, 6.45) is 8.04. The maximum Gasteiger partial charge on any atom is 0.0416 e. The zero-order chi connectivity index (χ0) is 11.6. The summed E-state index contributed by atoms with van der Waals surface area (Å²) in [6.45, 7) is 5.55. The summed E-state index contributed by atoms with van der Waals surface area (Å²) in [6, 6.07) is 6.79. The van der Waals surface area contributed by atoms with E-state index >= 15 is 0 Å². The van der Waals surface area contributed by atoms with Gasteiger partial charge in [0.2, 0.25) is 0 Å². The highest BCUT2D eigenvalue weighted by atomic mass is 14.9. The van der Waals surface area contributed by atoms with Gasteiger partial charge in [-0.15, -0.1) is 0 Å². The largest absolute Gasteiger partial charge is 0.314 e. The van der Waals surface area contributed by atoms with Gasteiger partial charge in [-0.05, 0) is 25.0 Å². The molecule has 1 N–H and O–H groups in total. The minimum absolute atomic E-state index is 0.684. The first-order valence-electron chi connectivity index (χ1n) is 6.50. The topological polar surface area (TPSA) is 24.9 Å². The molecular formula is C14H24N2. The molecule has 90 valence electrons. The molecule has 0 aliphatic carbocycles. The van der Waals surface area contributed by atoms with Crippen LogP contribution in [0, 0.1) is 0 Å². The Balaban J connectivity index is 2.18. The number of nitrogens with one attached hydrogen (secondary N) is 1. The van der Waals surface area contributed by atoms with Crippen LogP contribution in [0.1, 0.15) is 45.2 Å². The van der Waals surface area contributed by atoms with E-state index in [9.17, 15) is 0 Å². The molecule has 0 aliphatic rings. The van der Waals surface area contributed by atoms with Gasteiger partial charge in [-0.2, -0.15) is 0 Å². The fraction of sp³-hybridized carbons (Fsp3) is 0.643. The molecule has 1 atom stereocenters. The molecule has 16 heavy (non-hydrogen) atoms. The molecule has 0 radical (unpaired) electrons. The first-order valence-corrected chi connectivity index (χ1v) is 6.50. The van der Waals surface area contributed by atoms with Gasteiger partial charge in [0.05, 0.1) is 0 Å². The monoisotopic (exact) mass is 220 g/mol. The van der Waals surface area contributed by atoms with Crippen molar-refractivity contribution in [1.82, 2.24) is 10.3 Å². The first-order chi connectivity index (χ1) is 7.86. The normalized spacial score (nSPS) is 12.6. The van der Waals surface area contributed by atoms with Crippen molar-refractivity contribution in [3.05, 3.63) is 30.1 Å². The molecule has 0 bridgehead atoms. The van der Waals surface area contributed by atoms with Crippen LogP contribution in [0.5, 0.6) is 0 Å². The SMILES string of the molecule is CCCCC(CC)NCCc1ccccn1. The van der Waals surface area contributed by atoms with Crippen molar-refractivity contribution in [3.8, 4) is 0 Å². The van der Waals surface area contributed by atoms with Gasteiger partial charge in [0, 0.05) is 30.9 Å². The Hall–Kier alpha value is -0.890. The summed E-state index contributed by atoms with van der Waals surface area (Å²) >= 11 is 0. The maximum absolute atomic E-state index is 4.32. The summed E-state index contributed by atoms with van der Waals surface area (Å²) in [7, 11) is 0. The summed E-state index contributed by atoms with van der Waals surface area (Å²) in [4.78, 5) is 4.32. The lowest BCUT2D eigenvalue weighted by atomic mass is 10.1. The van der Waals surface area contributed by atoms with Crippen molar-refractivity contribution >= 4 is 0 Å². The Morgan fingerprint density at radius 2 is 2.19 bits per heavy atom. The second kappa shape index (κ2) is 8.28. The van der Waals surface area contributed by atoms with Crippen LogP contribution >= 0.6 is 0 Å². The number of hydrogen-bond donors (Lipinski definition) is 1. The highest BCUT2D eigenvalue weighted by Crippen LogP contribution is 2.04. The Bertz CT molecular complexity index is 259. The predicted octanol–water partition coefficient (Wildman–Crippen LogP) is 3.18. The van der Waals surface area contributed by atoms with E-state index in [2.05, 4.69) is 36.3 Å². The van der Waals surface area contributed by atoms with Gasteiger partial charge >= 0.3 is 0 Å². The van der Waals surface area contributed by atoms with Crippen molar-refractivity contribution in [1.29, 1.82) is 0 Å². The minimum Gasteiger partial charge on any atom is -0.314 e. The quantitative estimate of drug-likeness (QED) is 0.728. The number of hydrogen-bond acceptors (Lipinski definition) is 2. The van der Waals surface area contributed by atoms with Gasteiger partial charge < -0.3 is 5.32 Å². The third-order valence-electron chi connectivity index (χ3n) is 2.94. The van der Waals surface area contributed by atoms with Gasteiger partial charge in [-0.3, -0.25) is 4.98 Å². The molecule has 2 heteroatoms. The van der Waals surface area contributed by atoms with Crippen LogP contribution in [0.25, 0.3) is 0 Å². The Morgan fingerprint density at radius 3 is 2.81 bits per heavy atom. The molecular weight excluding hydrogens is 196 g/mol. The summed E-state index contributed by atoms with van der Waals surface area (Å²) in [5.41, 5.74) is 1.18. The van der Waals surface area contributed by atoms with Crippen molar-refractivity contribution in [2.24, 2.45) is 0 Å². The molecule has 1 rings (SSSR count). The third kappa shape index (κ3) is 5.26. The van der Waals surface area contributed by atoms with E-state index in [0.29, 0.717) is 6.04 Å². The summed E-state index contributed by atoms with van der Waals surface area (Å²) in [5.74, 6) is 0. The Labute approximate surface area is 99.5 Å². The van der Waals surface area contributed by atoms with E-state index in [0.717, 1.165) is 13.0 Å². The highest BCUT2D eigenvalue weighted by molar-refractivity contribution is 5.03. The van der Waals surface area contributed by atoms with Crippen LogP contribution in [-0.4, -0.2) is 17.6 Å². The van der Waals surface area contributed by atoms with Crippen LogP contribution in [0.15, 0.2) is 24.4 Å². The number of nitrogens with zero attached hydrogens (tertiary/aromatic N) is 1. The fourth-order valence-corrected chi connectivity index (χ4v) is 1.85. The maximum atomic E-state index is 4.32. The second-order valence-corrected chi connectivity index (χ2v) is 4.27. The molecule has 0 saturated heterocycles. The molecule has 0 fully saturated rings. The summed E-state index contributed by atoms with van der Waals surface area (Å²) in [5, 5.41) is 3.61. The van der Waals surface area contributed by atoms with Crippen molar-refractivity contribution in [2.75, 3.05) is 6.54 Å². The van der Waals surface area contributed by atoms with Crippen molar-refractivity contribution in [3.63, 3.8) is 0 Å². The van der Waals surface area contributed by atoms with Crippen LogP contribution < -0.4 is 5.32 Å². The van der Waals surface area contributed by atoms with Gasteiger partial charge in [0.1, 0.15) is 0 Å². The van der Waals surface area contributed by atoms with E-state index in [1.807, 2.05) is 12.3 Å². The van der Waals surface area contributed by atoms with E-state index in [4.69, 9.17) is 0 Å². The van der Waals surface area contributed by atoms with Gasteiger partial charge in [0.25, 0.3) is 0 Å².